The number of imidazole rings is 2. The molecule has 4 nitrogen and oxygen atoms in total. The van der Waals surface area contributed by atoms with Crippen LogP contribution in [0.1, 0.15) is 25.7 Å². The van der Waals surface area contributed by atoms with E-state index in [9.17, 15) is 0 Å². The standard InChI is InChI=1S/C12H18N4.2BrH/c1(3-7-15-9-5-13-11-15)2-4-8-16-10-6-14-12-16;;/h5-6,9-12H,1-4,7-8H2;2*1H. The van der Waals surface area contributed by atoms with E-state index in [-0.39, 0.29) is 34.0 Å². The van der Waals surface area contributed by atoms with Crippen LogP contribution in [0.15, 0.2) is 37.4 Å². The van der Waals surface area contributed by atoms with Gasteiger partial charge in [-0.2, -0.15) is 0 Å². The van der Waals surface area contributed by atoms with Crippen LogP contribution in [0.2, 0.25) is 0 Å². The van der Waals surface area contributed by atoms with E-state index in [0.29, 0.717) is 0 Å². The molecule has 18 heavy (non-hydrogen) atoms. The van der Waals surface area contributed by atoms with E-state index < -0.39 is 0 Å². The van der Waals surface area contributed by atoms with Crippen LogP contribution in [0, 0.1) is 0 Å². The van der Waals surface area contributed by atoms with Gasteiger partial charge in [-0.15, -0.1) is 34.0 Å². The second-order valence-corrected chi connectivity index (χ2v) is 4.02. The summed E-state index contributed by atoms with van der Waals surface area (Å²) in [6.45, 7) is 2.18. The van der Waals surface area contributed by atoms with Crippen molar-refractivity contribution >= 4 is 34.0 Å². The summed E-state index contributed by atoms with van der Waals surface area (Å²) in [5.41, 5.74) is 0. The molecule has 0 N–H and O–H groups in total. The first-order valence-corrected chi connectivity index (χ1v) is 5.86. The zero-order chi connectivity index (χ0) is 11.1. The third-order valence-corrected chi connectivity index (χ3v) is 2.70. The first-order valence-electron chi connectivity index (χ1n) is 5.86. The molecule has 0 unspecified atom stereocenters. The Morgan fingerprint density at radius 2 is 1.11 bits per heavy atom. The van der Waals surface area contributed by atoms with Crippen molar-refractivity contribution in [3.63, 3.8) is 0 Å². The molecule has 102 valence electrons. The largest absolute Gasteiger partial charge is 0.337 e. The Labute approximate surface area is 129 Å². The lowest BCUT2D eigenvalue weighted by Crippen LogP contribution is -1.96. The number of aryl methyl sites for hydroxylation is 2. The van der Waals surface area contributed by atoms with Crippen molar-refractivity contribution in [1.29, 1.82) is 0 Å². The van der Waals surface area contributed by atoms with Crippen LogP contribution in [-0.4, -0.2) is 19.1 Å². The van der Waals surface area contributed by atoms with Gasteiger partial charge in [-0.3, -0.25) is 0 Å². The van der Waals surface area contributed by atoms with Gasteiger partial charge in [-0.05, 0) is 12.8 Å². The smallest absolute Gasteiger partial charge is 0.0945 e. The number of hydrogen-bond acceptors (Lipinski definition) is 2. The Kier molecular flexibility index (Phi) is 9.96. The molecule has 2 heterocycles. The topological polar surface area (TPSA) is 35.6 Å². The Bertz CT molecular complexity index is 334. The van der Waals surface area contributed by atoms with Crippen molar-refractivity contribution in [2.24, 2.45) is 0 Å². The highest BCUT2D eigenvalue weighted by Gasteiger charge is 1.93. The van der Waals surface area contributed by atoms with Gasteiger partial charge in [-0.25, -0.2) is 9.97 Å². The fourth-order valence-electron chi connectivity index (χ4n) is 1.78. The highest BCUT2D eigenvalue weighted by molar-refractivity contribution is 8.93. The van der Waals surface area contributed by atoms with E-state index in [2.05, 4.69) is 19.1 Å². The second-order valence-electron chi connectivity index (χ2n) is 4.02. The fourth-order valence-corrected chi connectivity index (χ4v) is 1.78. The molecule has 0 radical (unpaired) electrons. The van der Waals surface area contributed by atoms with E-state index in [1.165, 1.54) is 25.7 Å². The van der Waals surface area contributed by atoms with Crippen molar-refractivity contribution < 1.29 is 0 Å². The maximum Gasteiger partial charge on any atom is 0.0945 e. The van der Waals surface area contributed by atoms with E-state index in [0.717, 1.165) is 13.1 Å². The lowest BCUT2D eigenvalue weighted by molar-refractivity contribution is 0.539. The molecule has 0 amide bonds. The molecule has 0 spiro atoms. The molecule has 2 aromatic rings. The lowest BCUT2D eigenvalue weighted by Gasteiger charge is -2.03. The lowest BCUT2D eigenvalue weighted by atomic mass is 10.2. The monoisotopic (exact) mass is 378 g/mol. The Morgan fingerprint density at radius 1 is 0.667 bits per heavy atom. The summed E-state index contributed by atoms with van der Waals surface area (Å²) in [5.74, 6) is 0. The minimum Gasteiger partial charge on any atom is -0.337 e. The Morgan fingerprint density at radius 3 is 1.44 bits per heavy atom. The normalized spacial score (nSPS) is 9.56. The average Bonchev–Trinajstić information content (AvgIpc) is 2.96. The molecule has 0 saturated carbocycles. The highest BCUT2D eigenvalue weighted by Crippen LogP contribution is 2.03. The van der Waals surface area contributed by atoms with E-state index in [1.54, 1.807) is 0 Å². The molecule has 0 bridgehead atoms. The molecule has 0 atom stereocenters. The fraction of sp³-hybridized carbons (Fsp3) is 0.500. The number of unbranched alkanes of at least 4 members (excludes halogenated alkanes) is 3. The summed E-state index contributed by atoms with van der Waals surface area (Å²) < 4.78 is 4.27. The number of halogens is 2. The highest BCUT2D eigenvalue weighted by atomic mass is 79.9. The number of rotatable bonds is 7. The van der Waals surface area contributed by atoms with E-state index in [4.69, 9.17) is 0 Å². The first-order chi connectivity index (χ1) is 7.95. The van der Waals surface area contributed by atoms with Crippen LogP contribution in [-0.2, 0) is 13.1 Å². The molecular weight excluding hydrogens is 360 g/mol. The predicted octanol–water partition coefficient (Wildman–Crippen LogP) is 3.50. The zero-order valence-corrected chi connectivity index (χ0v) is 13.7. The minimum absolute atomic E-state index is 0. The van der Waals surface area contributed by atoms with Gasteiger partial charge in [0.2, 0.25) is 0 Å². The number of hydrogen-bond donors (Lipinski definition) is 0. The second kappa shape index (κ2) is 10.3. The number of nitrogens with zero attached hydrogens (tertiary/aromatic N) is 4. The molecule has 0 saturated heterocycles. The van der Waals surface area contributed by atoms with Crippen LogP contribution in [0.25, 0.3) is 0 Å². The predicted molar refractivity (Wildman–Crippen MR) is 83.6 cm³/mol. The quantitative estimate of drug-likeness (QED) is 0.690. The van der Waals surface area contributed by atoms with Crippen LogP contribution < -0.4 is 0 Å². The van der Waals surface area contributed by atoms with Gasteiger partial charge < -0.3 is 9.13 Å². The summed E-state index contributed by atoms with van der Waals surface area (Å²) in [7, 11) is 0. The van der Waals surface area contributed by atoms with Gasteiger partial charge in [-0.1, -0.05) is 12.8 Å². The van der Waals surface area contributed by atoms with Gasteiger partial charge in [0, 0.05) is 37.9 Å². The van der Waals surface area contributed by atoms with Crippen molar-refractivity contribution in [2.45, 2.75) is 38.8 Å². The Hall–Kier alpha value is -0.620. The average molecular weight is 380 g/mol. The van der Waals surface area contributed by atoms with Crippen LogP contribution in [0.3, 0.4) is 0 Å². The van der Waals surface area contributed by atoms with Gasteiger partial charge in [0.05, 0.1) is 12.7 Å². The summed E-state index contributed by atoms with van der Waals surface area (Å²) >= 11 is 0. The SMILES string of the molecule is Br.Br.c1cn(CCCCCCn2ccnc2)cn1. The van der Waals surface area contributed by atoms with Crippen molar-refractivity contribution in [3.8, 4) is 0 Å². The summed E-state index contributed by atoms with van der Waals surface area (Å²) in [5, 5.41) is 0. The molecule has 0 aliphatic rings. The van der Waals surface area contributed by atoms with Crippen LogP contribution in [0.5, 0.6) is 0 Å². The van der Waals surface area contributed by atoms with E-state index in [1.807, 2.05) is 37.4 Å². The van der Waals surface area contributed by atoms with Crippen LogP contribution in [0.4, 0.5) is 0 Å². The molecular formula is C12H20Br2N4. The van der Waals surface area contributed by atoms with Crippen molar-refractivity contribution in [1.82, 2.24) is 19.1 Å². The molecule has 0 aliphatic carbocycles. The van der Waals surface area contributed by atoms with Crippen LogP contribution >= 0.6 is 34.0 Å². The van der Waals surface area contributed by atoms with Crippen molar-refractivity contribution in [2.75, 3.05) is 0 Å². The zero-order valence-electron chi connectivity index (χ0n) is 10.3. The third kappa shape index (κ3) is 6.35. The summed E-state index contributed by atoms with van der Waals surface area (Å²) in [4.78, 5) is 8.05. The molecule has 0 fully saturated rings. The van der Waals surface area contributed by atoms with Gasteiger partial charge in [0.1, 0.15) is 0 Å². The first kappa shape index (κ1) is 17.4. The third-order valence-electron chi connectivity index (χ3n) is 2.70. The maximum atomic E-state index is 4.02. The van der Waals surface area contributed by atoms with Gasteiger partial charge >= 0.3 is 0 Å². The molecule has 6 heteroatoms. The Balaban J connectivity index is 0.00000144. The van der Waals surface area contributed by atoms with Gasteiger partial charge in [0.15, 0.2) is 0 Å². The minimum atomic E-state index is 0. The molecule has 0 aliphatic heterocycles. The van der Waals surface area contributed by atoms with Crippen molar-refractivity contribution in [3.05, 3.63) is 37.4 Å². The molecule has 2 rings (SSSR count). The molecule has 0 aromatic carbocycles. The number of aromatic nitrogens is 4. The maximum absolute atomic E-state index is 4.02. The molecule has 2 aromatic heterocycles. The summed E-state index contributed by atoms with van der Waals surface area (Å²) in [6.07, 6.45) is 16.5. The van der Waals surface area contributed by atoms with Gasteiger partial charge in [0.25, 0.3) is 0 Å². The summed E-state index contributed by atoms with van der Waals surface area (Å²) in [6, 6.07) is 0. The van der Waals surface area contributed by atoms with E-state index >= 15 is 0 Å².